The summed E-state index contributed by atoms with van der Waals surface area (Å²) in [5.74, 6) is 1.41. The first-order chi connectivity index (χ1) is 12.5. The lowest BCUT2D eigenvalue weighted by atomic mass is 9.62. The topological polar surface area (TPSA) is 18.5 Å². The smallest absolute Gasteiger partial charge is 0.172 e. The first-order valence-electron chi connectivity index (χ1n) is 10.8. The Morgan fingerprint density at radius 1 is 0.815 bits per heavy atom. The lowest BCUT2D eigenvalue weighted by Crippen LogP contribution is -2.43. The number of ether oxygens (including phenoxy) is 2. The summed E-state index contributed by atoms with van der Waals surface area (Å²) in [6.45, 7) is 14.5. The van der Waals surface area contributed by atoms with Crippen LogP contribution in [-0.2, 0) is 9.47 Å². The van der Waals surface area contributed by atoms with Gasteiger partial charge in [-0.25, -0.2) is 0 Å². The third-order valence-electron chi connectivity index (χ3n) is 6.20. The van der Waals surface area contributed by atoms with E-state index in [1.54, 1.807) is 0 Å². The second-order valence-electron chi connectivity index (χ2n) is 9.50. The monoisotopic (exact) mass is 486 g/mol. The summed E-state index contributed by atoms with van der Waals surface area (Å²) in [4.78, 5) is 0. The molecular weight excluding hydrogens is 447 g/mol. The highest BCUT2D eigenvalue weighted by Crippen LogP contribution is 2.49. The Labute approximate surface area is 186 Å². The minimum absolute atomic E-state index is 0.00397. The van der Waals surface area contributed by atoms with Gasteiger partial charge < -0.3 is 9.47 Å². The molecule has 1 rings (SSSR count). The minimum atomic E-state index is -0.879. The average Bonchev–Trinajstić information content (AvgIpc) is 2.58. The van der Waals surface area contributed by atoms with Crippen molar-refractivity contribution in [1.82, 2.24) is 0 Å². The van der Waals surface area contributed by atoms with Gasteiger partial charge in [0.15, 0.2) is 3.24 Å². The molecule has 0 aromatic heterocycles. The highest BCUT2D eigenvalue weighted by molar-refractivity contribution is 9.11. The molecule has 1 fully saturated rings. The van der Waals surface area contributed by atoms with Gasteiger partial charge in [0, 0.05) is 18.6 Å². The lowest BCUT2D eigenvalue weighted by molar-refractivity contribution is -0.0763. The van der Waals surface area contributed by atoms with Crippen LogP contribution in [0.15, 0.2) is 0 Å². The van der Waals surface area contributed by atoms with Crippen LogP contribution >= 0.6 is 39.1 Å². The van der Waals surface area contributed by atoms with Crippen LogP contribution in [0, 0.1) is 22.7 Å². The number of hydrogen-bond donors (Lipinski definition) is 0. The van der Waals surface area contributed by atoms with Crippen molar-refractivity contribution in [2.24, 2.45) is 22.7 Å². The van der Waals surface area contributed by atoms with Gasteiger partial charge in [0.05, 0.1) is 13.2 Å². The zero-order valence-corrected chi connectivity index (χ0v) is 21.2. The van der Waals surface area contributed by atoms with E-state index in [0.717, 1.165) is 51.6 Å². The van der Waals surface area contributed by atoms with Crippen molar-refractivity contribution in [2.75, 3.05) is 26.4 Å². The zero-order chi connectivity index (χ0) is 20.6. The molecule has 1 saturated carbocycles. The fraction of sp³-hybridized carbons (Fsp3) is 1.00. The number of hydrogen-bond acceptors (Lipinski definition) is 2. The van der Waals surface area contributed by atoms with Crippen LogP contribution in [0.1, 0.15) is 86.0 Å². The number of halogens is 3. The third kappa shape index (κ3) is 9.55. The molecule has 5 heteroatoms. The Balaban J connectivity index is 2.93. The van der Waals surface area contributed by atoms with E-state index >= 15 is 0 Å². The summed E-state index contributed by atoms with van der Waals surface area (Å²) in [7, 11) is 0. The molecule has 2 nitrogen and oxygen atoms in total. The Bertz CT molecular complexity index is 386. The Kier molecular flexibility index (Phi) is 11.5. The van der Waals surface area contributed by atoms with Gasteiger partial charge in [0.1, 0.15) is 0 Å². The molecule has 162 valence electrons. The molecule has 0 bridgehead atoms. The summed E-state index contributed by atoms with van der Waals surface area (Å²) in [6.07, 6.45) is 8.76. The number of alkyl halides is 3. The van der Waals surface area contributed by atoms with Crippen molar-refractivity contribution in [2.45, 2.75) is 89.2 Å². The summed E-state index contributed by atoms with van der Waals surface area (Å²) in [6, 6.07) is 0. The summed E-state index contributed by atoms with van der Waals surface area (Å²) < 4.78 is 11.3. The van der Waals surface area contributed by atoms with Gasteiger partial charge in [0.2, 0.25) is 0 Å². The molecule has 0 unspecified atom stereocenters. The molecule has 0 heterocycles. The maximum atomic E-state index is 6.28. The summed E-state index contributed by atoms with van der Waals surface area (Å²) in [5.41, 5.74) is 0.387. The maximum Gasteiger partial charge on any atom is 0.172 e. The second-order valence-corrected chi connectivity index (χ2v) is 13.2. The van der Waals surface area contributed by atoms with Crippen LogP contribution in [0.3, 0.4) is 0 Å². The van der Waals surface area contributed by atoms with E-state index in [0.29, 0.717) is 17.8 Å². The van der Waals surface area contributed by atoms with Gasteiger partial charge in [-0.3, -0.25) is 0 Å². The Morgan fingerprint density at radius 2 is 1.26 bits per heavy atom. The third-order valence-corrected chi connectivity index (χ3v) is 6.97. The van der Waals surface area contributed by atoms with E-state index in [-0.39, 0.29) is 5.41 Å². The summed E-state index contributed by atoms with van der Waals surface area (Å²) in [5, 5.41) is 0. The van der Waals surface area contributed by atoms with Crippen molar-refractivity contribution >= 4 is 39.1 Å². The standard InChI is InChI=1S/C22H41BrCl2O2/c1-6-14-26-16-21(17-27-15-7-2,12-13-22(23,24)25)19-10-8-18(9-11-19)20(3,4)5/h18-19H,6-17H2,1-5H3. The molecule has 27 heavy (non-hydrogen) atoms. The first kappa shape index (κ1) is 26.0. The molecule has 0 radical (unpaired) electrons. The minimum Gasteiger partial charge on any atom is -0.381 e. The average molecular weight is 488 g/mol. The molecule has 0 aromatic carbocycles. The van der Waals surface area contributed by atoms with Crippen LogP contribution in [0.2, 0.25) is 0 Å². The zero-order valence-electron chi connectivity index (χ0n) is 18.1. The number of rotatable bonds is 12. The summed E-state index contributed by atoms with van der Waals surface area (Å²) >= 11 is 16.0. The fourth-order valence-electron chi connectivity index (χ4n) is 4.43. The van der Waals surface area contributed by atoms with Crippen molar-refractivity contribution < 1.29 is 9.47 Å². The van der Waals surface area contributed by atoms with Crippen molar-refractivity contribution in [3.05, 3.63) is 0 Å². The largest absolute Gasteiger partial charge is 0.381 e. The molecule has 1 aliphatic rings. The molecule has 0 spiro atoms. The van der Waals surface area contributed by atoms with Crippen LogP contribution < -0.4 is 0 Å². The molecular formula is C22H41BrCl2O2. The normalized spacial score (nSPS) is 22.2. The molecule has 0 saturated heterocycles. The maximum absolute atomic E-state index is 6.28. The van der Waals surface area contributed by atoms with Crippen LogP contribution in [0.5, 0.6) is 0 Å². The predicted octanol–water partition coefficient (Wildman–Crippen LogP) is 7.99. The van der Waals surface area contributed by atoms with Crippen molar-refractivity contribution in [3.63, 3.8) is 0 Å². The molecule has 0 amide bonds. The van der Waals surface area contributed by atoms with Gasteiger partial charge in [-0.1, -0.05) is 57.8 Å². The predicted molar refractivity (Wildman–Crippen MR) is 122 cm³/mol. The van der Waals surface area contributed by atoms with E-state index in [1.165, 1.54) is 25.7 Å². The molecule has 1 aliphatic carbocycles. The fourth-order valence-corrected chi connectivity index (χ4v) is 4.82. The SMILES string of the molecule is CCCOCC(CCC(Cl)(Cl)Br)(COCCC)C1CCC(C(C)(C)C)CC1. The molecule has 0 N–H and O–H groups in total. The second kappa shape index (κ2) is 12.0. The van der Waals surface area contributed by atoms with Crippen LogP contribution in [0.25, 0.3) is 0 Å². The highest BCUT2D eigenvalue weighted by atomic mass is 79.9. The van der Waals surface area contributed by atoms with Gasteiger partial charge in [-0.05, 0) is 84.5 Å². The van der Waals surface area contributed by atoms with E-state index in [2.05, 4.69) is 50.5 Å². The highest BCUT2D eigenvalue weighted by Gasteiger charge is 2.43. The van der Waals surface area contributed by atoms with Gasteiger partial charge in [-0.15, -0.1) is 0 Å². The van der Waals surface area contributed by atoms with Crippen molar-refractivity contribution in [3.8, 4) is 0 Å². The molecule has 0 aromatic rings. The van der Waals surface area contributed by atoms with Crippen LogP contribution in [-0.4, -0.2) is 29.7 Å². The first-order valence-corrected chi connectivity index (χ1v) is 12.3. The van der Waals surface area contributed by atoms with E-state index < -0.39 is 3.24 Å². The molecule has 0 aliphatic heterocycles. The Morgan fingerprint density at radius 3 is 1.63 bits per heavy atom. The van der Waals surface area contributed by atoms with E-state index in [4.69, 9.17) is 32.7 Å². The van der Waals surface area contributed by atoms with Gasteiger partial charge in [-0.2, -0.15) is 0 Å². The van der Waals surface area contributed by atoms with E-state index in [9.17, 15) is 0 Å². The van der Waals surface area contributed by atoms with Gasteiger partial charge >= 0.3 is 0 Å². The van der Waals surface area contributed by atoms with Crippen molar-refractivity contribution in [1.29, 1.82) is 0 Å². The lowest BCUT2D eigenvalue weighted by Gasteiger charge is -2.46. The van der Waals surface area contributed by atoms with Crippen LogP contribution in [0.4, 0.5) is 0 Å². The quantitative estimate of drug-likeness (QED) is 0.205. The van der Waals surface area contributed by atoms with Gasteiger partial charge in [0.25, 0.3) is 0 Å². The van der Waals surface area contributed by atoms with E-state index in [1.807, 2.05) is 0 Å². The Hall–Kier alpha value is 0.980. The molecule has 0 atom stereocenters.